The summed E-state index contributed by atoms with van der Waals surface area (Å²) in [7, 11) is 0. The minimum atomic E-state index is -0.283. The molecule has 5 heteroatoms. The van der Waals surface area contributed by atoms with Gasteiger partial charge in [-0.1, -0.05) is 12.1 Å². The topological polar surface area (TPSA) is 55.6 Å². The molecular weight excluding hydrogens is 247 g/mol. The first-order chi connectivity index (χ1) is 9.19. The van der Waals surface area contributed by atoms with Gasteiger partial charge in [0.15, 0.2) is 0 Å². The van der Waals surface area contributed by atoms with Gasteiger partial charge < -0.3 is 9.74 Å². The van der Waals surface area contributed by atoms with E-state index >= 15 is 0 Å². The van der Waals surface area contributed by atoms with Gasteiger partial charge in [-0.2, -0.15) is 0 Å². The van der Waals surface area contributed by atoms with Crippen LogP contribution in [0.4, 0.5) is 4.39 Å². The van der Waals surface area contributed by atoms with Crippen molar-refractivity contribution >= 4 is 5.91 Å². The van der Waals surface area contributed by atoms with E-state index in [0.717, 1.165) is 24.9 Å². The van der Waals surface area contributed by atoms with Gasteiger partial charge in [-0.3, -0.25) is 4.79 Å². The van der Waals surface area contributed by atoms with E-state index < -0.39 is 0 Å². The minimum absolute atomic E-state index is 0.0772. The fraction of sp³-hybridized carbons (Fsp3) is 0.500. The van der Waals surface area contributed by atoms with Crippen molar-refractivity contribution in [1.82, 2.24) is 4.90 Å². The van der Waals surface area contributed by atoms with Crippen LogP contribution in [0.1, 0.15) is 18.4 Å². The molecule has 4 nitrogen and oxygen atoms in total. The Kier molecular flexibility index (Phi) is 4.87. The minimum Gasteiger partial charge on any atom is -0.342 e. The quantitative estimate of drug-likeness (QED) is 0.840. The smallest absolute Gasteiger partial charge is 0.226 e. The molecule has 0 bridgehead atoms. The van der Waals surface area contributed by atoms with Gasteiger partial charge in [0.05, 0.1) is 13.0 Å². The van der Waals surface area contributed by atoms with Gasteiger partial charge in [0.25, 0.3) is 0 Å². The third-order valence-electron chi connectivity index (χ3n) is 3.47. The van der Waals surface area contributed by atoms with E-state index in [-0.39, 0.29) is 11.7 Å². The SMILES string of the molecule is NOCC1CCCN(C(=O)Cc2ccc(F)cc2)C1. The summed E-state index contributed by atoms with van der Waals surface area (Å²) in [5.74, 6) is 5.19. The number of piperidine rings is 1. The monoisotopic (exact) mass is 266 g/mol. The first kappa shape index (κ1) is 14.0. The maximum Gasteiger partial charge on any atom is 0.226 e. The number of nitrogens with two attached hydrogens (primary N) is 1. The summed E-state index contributed by atoms with van der Waals surface area (Å²) in [6.45, 7) is 1.96. The van der Waals surface area contributed by atoms with Crippen LogP contribution in [0.3, 0.4) is 0 Å². The van der Waals surface area contributed by atoms with Crippen molar-refractivity contribution < 1.29 is 14.0 Å². The molecule has 1 unspecified atom stereocenters. The Hall–Kier alpha value is -1.46. The largest absolute Gasteiger partial charge is 0.342 e. The van der Waals surface area contributed by atoms with Crippen LogP contribution in [0.5, 0.6) is 0 Å². The first-order valence-corrected chi connectivity index (χ1v) is 6.53. The molecule has 2 N–H and O–H groups in total. The number of carbonyl (C=O) groups excluding carboxylic acids is 1. The Labute approximate surface area is 112 Å². The Morgan fingerprint density at radius 3 is 2.84 bits per heavy atom. The maximum atomic E-state index is 12.8. The molecule has 19 heavy (non-hydrogen) atoms. The van der Waals surface area contributed by atoms with Crippen LogP contribution in [0.25, 0.3) is 0 Å². The van der Waals surface area contributed by atoms with Gasteiger partial charge in [0, 0.05) is 19.0 Å². The molecule has 0 aliphatic carbocycles. The third kappa shape index (κ3) is 4.01. The van der Waals surface area contributed by atoms with Crippen molar-refractivity contribution in [3.8, 4) is 0 Å². The van der Waals surface area contributed by atoms with E-state index in [1.807, 2.05) is 4.90 Å². The lowest BCUT2D eigenvalue weighted by molar-refractivity contribution is -0.132. The van der Waals surface area contributed by atoms with Crippen LogP contribution in [-0.4, -0.2) is 30.5 Å². The Morgan fingerprint density at radius 1 is 1.42 bits per heavy atom. The van der Waals surface area contributed by atoms with Crippen molar-refractivity contribution in [1.29, 1.82) is 0 Å². The lowest BCUT2D eigenvalue weighted by Crippen LogP contribution is -2.42. The summed E-state index contributed by atoms with van der Waals surface area (Å²) in [6.07, 6.45) is 2.33. The number of benzene rings is 1. The van der Waals surface area contributed by atoms with E-state index in [1.165, 1.54) is 12.1 Å². The molecule has 1 fully saturated rings. The zero-order valence-corrected chi connectivity index (χ0v) is 10.8. The predicted octanol–water partition coefficient (Wildman–Crippen LogP) is 1.50. The highest BCUT2D eigenvalue weighted by molar-refractivity contribution is 5.78. The van der Waals surface area contributed by atoms with Crippen molar-refractivity contribution in [3.63, 3.8) is 0 Å². The normalized spacial score (nSPS) is 19.5. The number of halogens is 1. The number of likely N-dealkylation sites (tertiary alicyclic amines) is 1. The van der Waals surface area contributed by atoms with Crippen molar-refractivity contribution in [2.24, 2.45) is 11.8 Å². The molecular formula is C14H19FN2O2. The molecule has 1 aromatic rings. The molecule has 0 spiro atoms. The molecule has 0 saturated carbocycles. The van der Waals surface area contributed by atoms with Crippen molar-refractivity contribution in [2.75, 3.05) is 19.7 Å². The van der Waals surface area contributed by atoms with E-state index in [2.05, 4.69) is 4.84 Å². The fourth-order valence-electron chi connectivity index (χ4n) is 2.45. The van der Waals surface area contributed by atoms with E-state index in [0.29, 0.717) is 25.5 Å². The summed E-state index contributed by atoms with van der Waals surface area (Å²) in [5, 5.41) is 0. The lowest BCUT2D eigenvalue weighted by Gasteiger charge is -2.32. The highest BCUT2D eigenvalue weighted by Gasteiger charge is 2.23. The van der Waals surface area contributed by atoms with Gasteiger partial charge in [-0.05, 0) is 30.5 Å². The zero-order chi connectivity index (χ0) is 13.7. The van der Waals surface area contributed by atoms with Crippen LogP contribution >= 0.6 is 0 Å². The van der Waals surface area contributed by atoms with Gasteiger partial charge in [0.2, 0.25) is 5.91 Å². The molecule has 1 saturated heterocycles. The summed E-state index contributed by atoms with van der Waals surface area (Å²) in [4.78, 5) is 18.7. The Balaban J connectivity index is 1.90. The second-order valence-electron chi connectivity index (χ2n) is 4.98. The average molecular weight is 266 g/mol. The van der Waals surface area contributed by atoms with Crippen LogP contribution in [0, 0.1) is 11.7 Å². The number of amides is 1. The molecule has 1 aromatic carbocycles. The van der Waals surface area contributed by atoms with E-state index in [4.69, 9.17) is 5.90 Å². The molecule has 104 valence electrons. The van der Waals surface area contributed by atoms with Crippen LogP contribution in [0.2, 0.25) is 0 Å². The molecule has 1 aliphatic rings. The Morgan fingerprint density at radius 2 is 2.16 bits per heavy atom. The van der Waals surface area contributed by atoms with E-state index in [1.54, 1.807) is 12.1 Å². The average Bonchev–Trinajstić information content (AvgIpc) is 2.42. The van der Waals surface area contributed by atoms with Gasteiger partial charge in [-0.15, -0.1) is 0 Å². The lowest BCUT2D eigenvalue weighted by atomic mass is 9.98. The molecule has 2 rings (SSSR count). The molecule has 1 aliphatic heterocycles. The Bertz CT molecular complexity index is 420. The number of rotatable bonds is 4. The standard InChI is InChI=1S/C14H19FN2O2/c15-13-5-3-11(4-6-13)8-14(18)17-7-1-2-12(9-17)10-19-16/h3-6,12H,1-2,7-10,16H2. The first-order valence-electron chi connectivity index (χ1n) is 6.53. The fourth-order valence-corrected chi connectivity index (χ4v) is 2.45. The van der Waals surface area contributed by atoms with Crippen LogP contribution in [0.15, 0.2) is 24.3 Å². The summed E-state index contributed by atoms with van der Waals surface area (Å²) >= 11 is 0. The number of hydrogen-bond acceptors (Lipinski definition) is 3. The van der Waals surface area contributed by atoms with Gasteiger partial charge >= 0.3 is 0 Å². The van der Waals surface area contributed by atoms with Crippen LogP contribution < -0.4 is 5.90 Å². The van der Waals surface area contributed by atoms with E-state index in [9.17, 15) is 9.18 Å². The molecule has 1 heterocycles. The second kappa shape index (κ2) is 6.63. The third-order valence-corrected chi connectivity index (χ3v) is 3.47. The molecule has 0 aromatic heterocycles. The predicted molar refractivity (Wildman–Crippen MR) is 69.5 cm³/mol. The molecule has 1 amide bonds. The number of hydrogen-bond donors (Lipinski definition) is 1. The van der Waals surface area contributed by atoms with Gasteiger partial charge in [0.1, 0.15) is 5.82 Å². The number of carbonyl (C=O) groups is 1. The van der Waals surface area contributed by atoms with Crippen molar-refractivity contribution in [3.05, 3.63) is 35.6 Å². The summed E-state index contributed by atoms with van der Waals surface area (Å²) in [5.41, 5.74) is 0.837. The highest BCUT2D eigenvalue weighted by Crippen LogP contribution is 2.17. The number of nitrogens with zero attached hydrogens (tertiary/aromatic N) is 1. The van der Waals surface area contributed by atoms with Gasteiger partial charge in [-0.25, -0.2) is 10.3 Å². The summed E-state index contributed by atoms with van der Waals surface area (Å²) in [6, 6.07) is 6.06. The van der Waals surface area contributed by atoms with Crippen molar-refractivity contribution in [2.45, 2.75) is 19.3 Å². The van der Waals surface area contributed by atoms with Crippen LogP contribution in [-0.2, 0) is 16.1 Å². The highest BCUT2D eigenvalue weighted by atomic mass is 19.1. The molecule has 0 radical (unpaired) electrons. The second-order valence-corrected chi connectivity index (χ2v) is 4.98. The maximum absolute atomic E-state index is 12.8. The summed E-state index contributed by atoms with van der Waals surface area (Å²) < 4.78 is 12.8. The zero-order valence-electron chi connectivity index (χ0n) is 10.8. The molecule has 1 atom stereocenters.